The highest BCUT2D eigenvalue weighted by Crippen LogP contribution is 2.23. The summed E-state index contributed by atoms with van der Waals surface area (Å²) in [5.74, 6) is 1.29. The van der Waals surface area contributed by atoms with Gasteiger partial charge in [0.15, 0.2) is 0 Å². The molecular formula is C18H32N2O3. The minimum Gasteiger partial charge on any atom is -0.497 e. The number of benzene rings is 1. The maximum absolute atomic E-state index is 10.2. The first-order chi connectivity index (χ1) is 11.0. The van der Waals surface area contributed by atoms with Crippen molar-refractivity contribution >= 4 is 0 Å². The summed E-state index contributed by atoms with van der Waals surface area (Å²) in [7, 11) is 5.35. The lowest BCUT2D eigenvalue weighted by Gasteiger charge is -2.26. The van der Waals surface area contributed by atoms with Gasteiger partial charge in [-0.25, -0.2) is 0 Å². The van der Waals surface area contributed by atoms with E-state index < -0.39 is 6.10 Å². The van der Waals surface area contributed by atoms with Gasteiger partial charge in [0.1, 0.15) is 5.75 Å². The summed E-state index contributed by atoms with van der Waals surface area (Å²) in [5, 5.41) is 13.7. The molecule has 1 rings (SSSR count). The molecule has 0 unspecified atom stereocenters. The Morgan fingerprint density at radius 1 is 1.17 bits per heavy atom. The molecule has 0 aliphatic rings. The monoisotopic (exact) mass is 324 g/mol. The van der Waals surface area contributed by atoms with Crippen LogP contribution >= 0.6 is 0 Å². The fraction of sp³-hybridized carbons (Fsp3) is 0.667. The number of nitrogens with zero attached hydrogens (tertiary/aromatic N) is 1. The number of likely N-dealkylation sites (N-methyl/N-ethyl adjacent to an activating group) is 1. The molecule has 0 heterocycles. The highest BCUT2D eigenvalue weighted by atomic mass is 16.5. The van der Waals surface area contributed by atoms with Crippen LogP contribution in [0.3, 0.4) is 0 Å². The number of aliphatic hydroxyl groups is 1. The van der Waals surface area contributed by atoms with E-state index in [0.29, 0.717) is 25.6 Å². The van der Waals surface area contributed by atoms with Crippen LogP contribution in [0.4, 0.5) is 0 Å². The van der Waals surface area contributed by atoms with Gasteiger partial charge in [-0.1, -0.05) is 26.0 Å². The molecule has 0 aromatic heterocycles. The first kappa shape index (κ1) is 19.9. The fourth-order valence-electron chi connectivity index (χ4n) is 2.58. The number of nitrogens with one attached hydrogen (secondary N) is 1. The second-order valence-corrected chi connectivity index (χ2v) is 6.31. The van der Waals surface area contributed by atoms with Crippen LogP contribution in [0.5, 0.6) is 5.75 Å². The number of aliphatic hydroxyl groups excluding tert-OH is 1. The van der Waals surface area contributed by atoms with Crippen LogP contribution in [0, 0.1) is 5.92 Å². The van der Waals surface area contributed by atoms with Crippen LogP contribution in [0.2, 0.25) is 0 Å². The molecule has 0 aliphatic heterocycles. The SMILES string of the molecule is COCCN(C)C[C@@H](O)CN[C@H](c1ccc(OC)cc1)C(C)C. The second-order valence-electron chi connectivity index (χ2n) is 6.31. The zero-order valence-electron chi connectivity index (χ0n) is 15.1. The molecule has 23 heavy (non-hydrogen) atoms. The summed E-state index contributed by atoms with van der Waals surface area (Å²) in [5.41, 5.74) is 1.21. The topological polar surface area (TPSA) is 54.0 Å². The summed E-state index contributed by atoms with van der Waals surface area (Å²) >= 11 is 0. The van der Waals surface area contributed by atoms with Gasteiger partial charge in [-0.3, -0.25) is 0 Å². The summed E-state index contributed by atoms with van der Waals surface area (Å²) in [6.07, 6.45) is -0.406. The third-order valence-corrected chi connectivity index (χ3v) is 3.91. The van der Waals surface area contributed by atoms with Crippen molar-refractivity contribution in [2.45, 2.75) is 26.0 Å². The summed E-state index contributed by atoms with van der Waals surface area (Å²) in [4.78, 5) is 2.08. The first-order valence-electron chi connectivity index (χ1n) is 8.20. The van der Waals surface area contributed by atoms with E-state index in [1.165, 1.54) is 5.56 Å². The average molecular weight is 324 g/mol. The average Bonchev–Trinajstić information content (AvgIpc) is 2.53. The molecule has 0 spiro atoms. The van der Waals surface area contributed by atoms with E-state index in [4.69, 9.17) is 9.47 Å². The molecule has 0 saturated heterocycles. The second kappa shape index (κ2) is 10.6. The molecule has 1 aromatic carbocycles. The molecule has 0 bridgehead atoms. The van der Waals surface area contributed by atoms with Gasteiger partial charge in [0, 0.05) is 32.8 Å². The van der Waals surface area contributed by atoms with Crippen molar-refractivity contribution < 1.29 is 14.6 Å². The number of hydrogen-bond donors (Lipinski definition) is 2. The van der Waals surface area contributed by atoms with Crippen LogP contribution in [0.25, 0.3) is 0 Å². The molecule has 0 fully saturated rings. The van der Waals surface area contributed by atoms with Gasteiger partial charge >= 0.3 is 0 Å². The van der Waals surface area contributed by atoms with Crippen molar-refractivity contribution in [3.05, 3.63) is 29.8 Å². The Labute approximate surface area is 140 Å². The maximum atomic E-state index is 10.2. The fourth-order valence-corrected chi connectivity index (χ4v) is 2.58. The van der Waals surface area contributed by atoms with Crippen LogP contribution in [0.15, 0.2) is 24.3 Å². The molecule has 2 N–H and O–H groups in total. The summed E-state index contributed by atoms with van der Waals surface area (Å²) in [6, 6.07) is 8.31. The predicted octanol–water partition coefficient (Wildman–Crippen LogP) is 1.92. The molecular weight excluding hydrogens is 292 g/mol. The third-order valence-electron chi connectivity index (χ3n) is 3.91. The van der Waals surface area contributed by atoms with E-state index in [1.807, 2.05) is 19.2 Å². The molecule has 5 nitrogen and oxygen atoms in total. The Kier molecular flexibility index (Phi) is 9.17. The summed E-state index contributed by atoms with van der Waals surface area (Å²) in [6.45, 7) is 7.05. The van der Waals surface area contributed by atoms with Gasteiger partial charge in [0.25, 0.3) is 0 Å². The molecule has 0 saturated carbocycles. The molecule has 5 heteroatoms. The largest absolute Gasteiger partial charge is 0.497 e. The maximum Gasteiger partial charge on any atom is 0.118 e. The quantitative estimate of drug-likeness (QED) is 0.651. The van der Waals surface area contributed by atoms with Crippen LogP contribution in [0.1, 0.15) is 25.5 Å². The smallest absolute Gasteiger partial charge is 0.118 e. The molecule has 132 valence electrons. The molecule has 0 radical (unpaired) electrons. The van der Waals surface area contributed by atoms with Crippen molar-refractivity contribution in [3.63, 3.8) is 0 Å². The lowest BCUT2D eigenvalue weighted by atomic mass is 9.96. The highest BCUT2D eigenvalue weighted by molar-refractivity contribution is 5.29. The first-order valence-corrected chi connectivity index (χ1v) is 8.20. The van der Waals surface area contributed by atoms with Gasteiger partial charge in [-0.2, -0.15) is 0 Å². The van der Waals surface area contributed by atoms with Gasteiger partial charge in [0.2, 0.25) is 0 Å². The molecule has 2 atom stereocenters. The minimum absolute atomic E-state index is 0.208. The number of rotatable bonds is 11. The Balaban J connectivity index is 2.52. The van der Waals surface area contributed by atoms with Crippen LogP contribution in [-0.2, 0) is 4.74 Å². The number of hydrogen-bond acceptors (Lipinski definition) is 5. The third kappa shape index (κ3) is 7.31. The molecule has 1 aromatic rings. The zero-order chi connectivity index (χ0) is 17.2. The number of ether oxygens (including phenoxy) is 2. The normalized spacial score (nSPS) is 14.3. The lowest BCUT2D eigenvalue weighted by Crippen LogP contribution is -2.39. The molecule has 0 amide bonds. The predicted molar refractivity (Wildman–Crippen MR) is 94.0 cm³/mol. The van der Waals surface area contributed by atoms with E-state index in [1.54, 1.807) is 14.2 Å². The highest BCUT2D eigenvalue weighted by Gasteiger charge is 2.17. The molecule has 0 aliphatic carbocycles. The Hall–Kier alpha value is -1.14. The Morgan fingerprint density at radius 3 is 2.35 bits per heavy atom. The van der Waals surface area contributed by atoms with Gasteiger partial charge in [-0.05, 0) is 30.7 Å². The van der Waals surface area contributed by atoms with E-state index in [-0.39, 0.29) is 6.04 Å². The van der Waals surface area contributed by atoms with Gasteiger partial charge < -0.3 is 24.8 Å². The van der Waals surface area contributed by atoms with E-state index in [9.17, 15) is 5.11 Å². The van der Waals surface area contributed by atoms with Crippen molar-refractivity contribution in [2.75, 3.05) is 47.5 Å². The Bertz CT molecular complexity index is 423. The van der Waals surface area contributed by atoms with E-state index in [2.05, 4.69) is 36.2 Å². The van der Waals surface area contributed by atoms with E-state index in [0.717, 1.165) is 12.3 Å². The van der Waals surface area contributed by atoms with Crippen LogP contribution in [-0.4, -0.2) is 63.6 Å². The number of methoxy groups -OCH3 is 2. The van der Waals surface area contributed by atoms with Crippen molar-refractivity contribution in [1.29, 1.82) is 0 Å². The summed E-state index contributed by atoms with van der Waals surface area (Å²) < 4.78 is 10.3. The van der Waals surface area contributed by atoms with Crippen molar-refractivity contribution in [3.8, 4) is 5.75 Å². The van der Waals surface area contributed by atoms with Gasteiger partial charge in [0.05, 0.1) is 19.8 Å². The van der Waals surface area contributed by atoms with Crippen LogP contribution < -0.4 is 10.1 Å². The minimum atomic E-state index is -0.406. The zero-order valence-corrected chi connectivity index (χ0v) is 15.1. The standard InChI is InChI=1S/C18H32N2O3/c1-14(2)18(15-6-8-17(23-5)9-7-15)19-12-16(21)13-20(3)10-11-22-4/h6-9,14,16,18-19,21H,10-13H2,1-5H3/t16-,18-/m0/s1. The van der Waals surface area contributed by atoms with E-state index >= 15 is 0 Å². The van der Waals surface area contributed by atoms with Crippen molar-refractivity contribution in [1.82, 2.24) is 10.2 Å². The Morgan fingerprint density at radius 2 is 1.83 bits per heavy atom. The van der Waals surface area contributed by atoms with Crippen molar-refractivity contribution in [2.24, 2.45) is 5.92 Å². The van der Waals surface area contributed by atoms with Gasteiger partial charge in [-0.15, -0.1) is 0 Å². The lowest BCUT2D eigenvalue weighted by molar-refractivity contribution is 0.0989.